The third kappa shape index (κ3) is 7.37. The van der Waals surface area contributed by atoms with Crippen molar-refractivity contribution in [3.8, 4) is 0 Å². The van der Waals surface area contributed by atoms with Crippen molar-refractivity contribution in [1.82, 2.24) is 15.5 Å². The molecule has 34 heavy (non-hydrogen) atoms. The molecule has 2 amide bonds. The zero-order valence-corrected chi connectivity index (χ0v) is 22.9. The predicted molar refractivity (Wildman–Crippen MR) is 145 cm³/mol. The van der Waals surface area contributed by atoms with Crippen LogP contribution in [0.3, 0.4) is 0 Å². The quantitative estimate of drug-likeness (QED) is 0.358. The molecule has 1 aliphatic carbocycles. The number of nitrogens with one attached hydrogen (secondary N) is 2. The molecule has 0 spiro atoms. The highest BCUT2D eigenvalue weighted by molar-refractivity contribution is 7.98. The molecule has 5 nitrogen and oxygen atoms in total. The number of thioether (sulfide) groups is 1. The van der Waals surface area contributed by atoms with Gasteiger partial charge in [-0.15, -0.1) is 11.3 Å². The molecular formula is C25H33Cl2N3O2S2. The minimum atomic E-state index is -0.0977. The van der Waals surface area contributed by atoms with Gasteiger partial charge in [0.15, 0.2) is 0 Å². The maximum atomic E-state index is 12.4. The third-order valence-electron chi connectivity index (χ3n) is 6.47. The van der Waals surface area contributed by atoms with Gasteiger partial charge in [0, 0.05) is 51.9 Å². The predicted octanol–water partition coefficient (Wildman–Crippen LogP) is 5.70. The van der Waals surface area contributed by atoms with E-state index in [-0.39, 0.29) is 36.2 Å². The van der Waals surface area contributed by atoms with Gasteiger partial charge < -0.3 is 10.6 Å². The molecule has 1 aliphatic rings. The fourth-order valence-electron chi connectivity index (χ4n) is 4.42. The van der Waals surface area contributed by atoms with Crippen molar-refractivity contribution < 1.29 is 9.59 Å². The van der Waals surface area contributed by atoms with Crippen LogP contribution in [0, 0.1) is 0 Å². The van der Waals surface area contributed by atoms with Crippen LogP contribution in [0.4, 0.5) is 0 Å². The molecule has 1 aromatic heterocycles. The number of benzene rings is 1. The molecule has 1 fully saturated rings. The van der Waals surface area contributed by atoms with E-state index >= 15 is 0 Å². The first-order valence-electron chi connectivity index (χ1n) is 11.6. The van der Waals surface area contributed by atoms with Crippen LogP contribution in [0.15, 0.2) is 35.7 Å². The molecule has 0 saturated heterocycles. The number of halogens is 2. The first kappa shape index (κ1) is 27.3. The number of hydrogen-bond donors (Lipinski definition) is 2. The highest BCUT2D eigenvalue weighted by Gasteiger charge is 2.39. The summed E-state index contributed by atoms with van der Waals surface area (Å²) in [6, 6.07) is 9.98. The van der Waals surface area contributed by atoms with E-state index in [0.29, 0.717) is 22.3 Å². The second-order valence-corrected chi connectivity index (χ2v) is 11.7. The summed E-state index contributed by atoms with van der Waals surface area (Å²) in [4.78, 5) is 28.3. The monoisotopic (exact) mass is 541 g/mol. The summed E-state index contributed by atoms with van der Waals surface area (Å²) in [7, 11) is 4.28. The van der Waals surface area contributed by atoms with Crippen LogP contribution in [-0.2, 0) is 20.9 Å². The van der Waals surface area contributed by atoms with Crippen LogP contribution in [0.2, 0.25) is 10.0 Å². The van der Waals surface area contributed by atoms with Crippen molar-refractivity contribution in [1.29, 1.82) is 0 Å². The van der Waals surface area contributed by atoms with Gasteiger partial charge in [-0.25, -0.2) is 0 Å². The second kappa shape index (κ2) is 13.2. The Kier molecular flexibility index (Phi) is 10.6. The maximum Gasteiger partial charge on any atom is 0.220 e. The average molecular weight is 543 g/mol. The lowest BCUT2D eigenvalue weighted by molar-refractivity contribution is -0.127. The van der Waals surface area contributed by atoms with E-state index < -0.39 is 0 Å². The molecule has 0 unspecified atom stereocenters. The van der Waals surface area contributed by atoms with Crippen LogP contribution in [0.5, 0.6) is 0 Å². The van der Waals surface area contributed by atoms with Crippen molar-refractivity contribution in [3.63, 3.8) is 0 Å². The Bertz CT molecular complexity index is 925. The van der Waals surface area contributed by atoms with Gasteiger partial charge in [0.25, 0.3) is 0 Å². The molecule has 0 aliphatic heterocycles. The van der Waals surface area contributed by atoms with Gasteiger partial charge >= 0.3 is 0 Å². The van der Waals surface area contributed by atoms with Gasteiger partial charge in [-0.2, -0.15) is 11.8 Å². The van der Waals surface area contributed by atoms with Gasteiger partial charge in [-0.1, -0.05) is 35.3 Å². The first-order valence-corrected chi connectivity index (χ1v) is 14.4. The largest absolute Gasteiger partial charge is 0.355 e. The summed E-state index contributed by atoms with van der Waals surface area (Å²) in [6.45, 7) is 0.547. The Balaban J connectivity index is 1.30. The Hall–Kier alpha value is -1.25. The van der Waals surface area contributed by atoms with Crippen LogP contribution in [0.25, 0.3) is 0 Å². The molecule has 9 heteroatoms. The zero-order chi connectivity index (χ0) is 24.6. The van der Waals surface area contributed by atoms with Gasteiger partial charge in [-0.3, -0.25) is 14.5 Å². The Morgan fingerprint density at radius 1 is 1.09 bits per heavy atom. The van der Waals surface area contributed by atoms with E-state index in [0.717, 1.165) is 37.0 Å². The lowest BCUT2D eigenvalue weighted by atomic mass is 9.77. The van der Waals surface area contributed by atoms with E-state index in [1.807, 2.05) is 18.2 Å². The molecule has 0 bridgehead atoms. The second-order valence-electron chi connectivity index (χ2n) is 8.85. The Morgan fingerprint density at radius 3 is 2.38 bits per heavy atom. The Labute approximate surface area is 221 Å². The smallest absolute Gasteiger partial charge is 0.220 e. The van der Waals surface area contributed by atoms with Gasteiger partial charge in [-0.05, 0) is 68.9 Å². The number of carbonyl (C=O) groups excluding carboxylic acids is 2. The molecule has 0 atom stereocenters. The molecule has 186 valence electrons. The molecule has 1 heterocycles. The van der Waals surface area contributed by atoms with Crippen LogP contribution in [0.1, 0.15) is 49.0 Å². The lowest BCUT2D eigenvalue weighted by Gasteiger charge is -2.44. The zero-order valence-electron chi connectivity index (χ0n) is 19.7. The van der Waals surface area contributed by atoms with Crippen molar-refractivity contribution >= 4 is 58.1 Å². The van der Waals surface area contributed by atoms with Crippen LogP contribution in [-0.4, -0.2) is 49.1 Å². The topological polar surface area (TPSA) is 61.4 Å². The van der Waals surface area contributed by atoms with Gasteiger partial charge in [0.1, 0.15) is 0 Å². The minimum Gasteiger partial charge on any atom is -0.355 e. The molecule has 2 aromatic rings. The summed E-state index contributed by atoms with van der Waals surface area (Å²) in [5, 5.41) is 9.47. The highest BCUT2D eigenvalue weighted by Crippen LogP contribution is 2.43. The maximum absolute atomic E-state index is 12.4. The summed E-state index contributed by atoms with van der Waals surface area (Å²) in [6.07, 6.45) is 4.35. The normalized spacial score (nSPS) is 20.3. The third-order valence-corrected chi connectivity index (χ3v) is 9.23. The summed E-state index contributed by atoms with van der Waals surface area (Å²) in [5.41, 5.74) is 0.976. The number of thiophene rings is 1. The van der Waals surface area contributed by atoms with Crippen LogP contribution < -0.4 is 10.6 Å². The van der Waals surface area contributed by atoms with Crippen molar-refractivity contribution in [3.05, 3.63) is 56.2 Å². The number of amides is 2. The van der Waals surface area contributed by atoms with E-state index in [1.54, 1.807) is 23.1 Å². The summed E-state index contributed by atoms with van der Waals surface area (Å²) < 4.78 is 0. The standard InChI is InChI=1S/C25H33Cl2N3O2S2/c1-30(2)25(22-7-4-15-34-22)12-10-18(11-13-25)29-24(32)9-8-23(31)28-14-16-33-17-19-20(26)5-3-6-21(19)27/h3-7,15,18H,8-14,16-17H2,1-2H3,(H,28,31)(H,29,32). The van der Waals surface area contributed by atoms with E-state index in [1.165, 1.54) is 4.88 Å². The molecular weight excluding hydrogens is 509 g/mol. The molecule has 1 saturated carbocycles. The van der Waals surface area contributed by atoms with Gasteiger partial charge in [0.05, 0.1) is 5.54 Å². The van der Waals surface area contributed by atoms with Crippen molar-refractivity contribution in [2.24, 2.45) is 0 Å². The van der Waals surface area contributed by atoms with Crippen molar-refractivity contribution in [2.45, 2.75) is 55.9 Å². The lowest BCUT2D eigenvalue weighted by Crippen LogP contribution is -2.48. The number of rotatable bonds is 11. The number of carbonyl (C=O) groups is 2. The minimum absolute atomic E-state index is 0.0450. The number of nitrogens with zero attached hydrogens (tertiary/aromatic N) is 1. The summed E-state index contributed by atoms with van der Waals surface area (Å²) >= 11 is 15.8. The first-order chi connectivity index (χ1) is 16.3. The fraction of sp³-hybridized carbons (Fsp3) is 0.520. The summed E-state index contributed by atoms with van der Waals surface area (Å²) in [5.74, 6) is 1.30. The average Bonchev–Trinajstić information content (AvgIpc) is 3.35. The molecule has 3 rings (SSSR count). The fourth-order valence-corrected chi connectivity index (χ4v) is 7.08. The molecule has 0 radical (unpaired) electrons. The highest BCUT2D eigenvalue weighted by atomic mass is 35.5. The number of hydrogen-bond acceptors (Lipinski definition) is 5. The SMILES string of the molecule is CN(C)C1(c2cccs2)CCC(NC(=O)CCC(=O)NCCSCc2c(Cl)cccc2Cl)CC1. The molecule has 2 N–H and O–H groups in total. The van der Waals surface area contributed by atoms with E-state index in [4.69, 9.17) is 23.2 Å². The van der Waals surface area contributed by atoms with Crippen LogP contribution >= 0.6 is 46.3 Å². The van der Waals surface area contributed by atoms with Crippen molar-refractivity contribution in [2.75, 3.05) is 26.4 Å². The van der Waals surface area contributed by atoms with Gasteiger partial charge in [0.2, 0.25) is 11.8 Å². The van der Waals surface area contributed by atoms with E-state index in [9.17, 15) is 9.59 Å². The Morgan fingerprint density at radius 2 is 1.76 bits per heavy atom. The molecule has 1 aromatic carbocycles. The van der Waals surface area contributed by atoms with E-state index in [2.05, 4.69) is 47.1 Å².